The maximum Gasteiger partial charge on any atom is 0.673 e. The van der Waals surface area contributed by atoms with Gasteiger partial charge in [-0.05, 0) is 25.7 Å². The van der Waals surface area contributed by atoms with Crippen LogP contribution in [-0.4, -0.2) is 63.4 Å². The third-order valence-electron chi connectivity index (χ3n) is 4.07. The van der Waals surface area contributed by atoms with E-state index in [0.29, 0.717) is 25.9 Å². The summed E-state index contributed by atoms with van der Waals surface area (Å²) in [6, 6.07) is 0. The molecule has 0 radical (unpaired) electrons. The van der Waals surface area contributed by atoms with Crippen molar-refractivity contribution in [2.24, 2.45) is 0 Å². The second-order valence-corrected chi connectivity index (χ2v) is 7.93. The SMILES string of the molecule is F[B-](F)(F)F.O=C1CCCCCN1C[Si+](F)CN1CCCCCC1=O. The molecule has 2 amide bonds. The fourth-order valence-corrected chi connectivity index (χ4v) is 4.47. The van der Waals surface area contributed by atoms with Crippen LogP contribution in [-0.2, 0) is 9.59 Å². The van der Waals surface area contributed by atoms with Gasteiger partial charge in [0.1, 0.15) is 0 Å². The summed E-state index contributed by atoms with van der Waals surface area (Å²) in [6.07, 6.45) is 7.51. The second-order valence-electron chi connectivity index (χ2n) is 6.26. The molecule has 2 aliphatic rings. The van der Waals surface area contributed by atoms with Crippen LogP contribution in [0.4, 0.5) is 21.4 Å². The summed E-state index contributed by atoms with van der Waals surface area (Å²) in [4.78, 5) is 27.1. The lowest BCUT2D eigenvalue weighted by Gasteiger charge is -2.19. The number of amides is 2. The highest BCUT2D eigenvalue weighted by atomic mass is 28.3. The van der Waals surface area contributed by atoms with E-state index in [-0.39, 0.29) is 24.2 Å². The van der Waals surface area contributed by atoms with Crippen molar-refractivity contribution in [3.8, 4) is 0 Å². The molecular formula is C14H24BF5N2O2Si. The number of rotatable bonds is 4. The van der Waals surface area contributed by atoms with Crippen LogP contribution in [0.3, 0.4) is 0 Å². The molecule has 25 heavy (non-hydrogen) atoms. The molecule has 0 atom stereocenters. The van der Waals surface area contributed by atoms with E-state index in [1.807, 2.05) is 0 Å². The lowest BCUT2D eigenvalue weighted by molar-refractivity contribution is -0.130. The van der Waals surface area contributed by atoms with E-state index < -0.39 is 16.4 Å². The molecule has 2 heterocycles. The summed E-state index contributed by atoms with van der Waals surface area (Å²) in [6.45, 7) is 1.37. The topological polar surface area (TPSA) is 40.6 Å². The molecule has 0 aromatic carbocycles. The Morgan fingerprint density at radius 3 is 1.48 bits per heavy atom. The van der Waals surface area contributed by atoms with Crippen molar-refractivity contribution < 1.29 is 31.0 Å². The summed E-state index contributed by atoms with van der Waals surface area (Å²) in [5.74, 6) is 0.176. The zero-order chi connectivity index (χ0) is 18.9. The zero-order valence-electron chi connectivity index (χ0n) is 14.2. The van der Waals surface area contributed by atoms with E-state index in [0.717, 1.165) is 38.5 Å². The van der Waals surface area contributed by atoms with E-state index in [1.165, 1.54) is 0 Å². The first kappa shape index (κ1) is 21.9. The van der Waals surface area contributed by atoms with Crippen molar-refractivity contribution >= 4 is 28.2 Å². The molecule has 0 bridgehead atoms. The van der Waals surface area contributed by atoms with Gasteiger partial charge in [-0.2, -0.15) is 0 Å². The normalized spacial score (nSPS) is 19.7. The molecule has 2 aliphatic heterocycles. The van der Waals surface area contributed by atoms with E-state index in [4.69, 9.17) is 0 Å². The third kappa shape index (κ3) is 10.5. The summed E-state index contributed by atoms with van der Waals surface area (Å²) in [7, 11) is -8.17. The molecule has 2 rings (SSSR count). The Hall–Kier alpha value is -1.13. The molecular weight excluding hydrogens is 362 g/mol. The number of likely N-dealkylation sites (tertiary alicyclic amines) is 2. The smallest absolute Gasteiger partial charge is 0.418 e. The Morgan fingerprint density at radius 1 is 0.760 bits per heavy atom. The van der Waals surface area contributed by atoms with Gasteiger partial charge < -0.3 is 27.1 Å². The number of nitrogens with zero attached hydrogens (tertiary/aromatic N) is 2. The second kappa shape index (κ2) is 10.8. The van der Waals surface area contributed by atoms with Crippen molar-refractivity contribution in [1.29, 1.82) is 0 Å². The maximum absolute atomic E-state index is 14.3. The molecule has 0 aliphatic carbocycles. The van der Waals surface area contributed by atoms with Crippen LogP contribution >= 0.6 is 0 Å². The highest BCUT2D eigenvalue weighted by molar-refractivity contribution is 6.52. The van der Waals surface area contributed by atoms with Crippen LogP contribution in [0.25, 0.3) is 0 Å². The first-order valence-corrected chi connectivity index (χ1v) is 10.4. The maximum atomic E-state index is 14.3. The molecule has 0 aromatic rings. The largest absolute Gasteiger partial charge is 0.673 e. The lowest BCUT2D eigenvalue weighted by Crippen LogP contribution is -2.45. The van der Waals surface area contributed by atoms with Gasteiger partial charge in [-0.3, -0.25) is 9.59 Å². The summed E-state index contributed by atoms with van der Waals surface area (Å²) >= 11 is 0. The highest BCUT2D eigenvalue weighted by Crippen LogP contribution is 2.14. The number of carbonyl (C=O) groups is 2. The van der Waals surface area contributed by atoms with Gasteiger partial charge in [0.25, 0.3) is 0 Å². The number of carbonyl (C=O) groups excluding carboxylic acids is 2. The van der Waals surface area contributed by atoms with Crippen LogP contribution in [0.2, 0.25) is 0 Å². The van der Waals surface area contributed by atoms with Crippen LogP contribution < -0.4 is 0 Å². The van der Waals surface area contributed by atoms with Gasteiger partial charge in [-0.25, -0.2) is 0 Å². The molecule has 0 saturated carbocycles. The summed E-state index contributed by atoms with van der Waals surface area (Å²) in [5, 5.41) is 0. The Labute approximate surface area is 146 Å². The minimum absolute atomic E-state index is 0.0878. The van der Waals surface area contributed by atoms with Crippen LogP contribution in [0, 0.1) is 0 Å². The van der Waals surface area contributed by atoms with E-state index in [2.05, 4.69) is 0 Å². The minimum atomic E-state index is -6.00. The summed E-state index contributed by atoms with van der Waals surface area (Å²) in [5.41, 5.74) is 0. The molecule has 0 spiro atoms. The van der Waals surface area contributed by atoms with Crippen molar-refractivity contribution in [2.75, 3.05) is 25.4 Å². The average Bonchev–Trinajstić information content (AvgIpc) is 2.80. The number of hydrogen-bond donors (Lipinski definition) is 0. The number of halogens is 5. The van der Waals surface area contributed by atoms with Crippen LogP contribution in [0.15, 0.2) is 0 Å². The van der Waals surface area contributed by atoms with Crippen LogP contribution in [0.5, 0.6) is 0 Å². The lowest BCUT2D eigenvalue weighted by atomic mass is 10.2. The van der Waals surface area contributed by atoms with Crippen molar-refractivity contribution in [3.63, 3.8) is 0 Å². The van der Waals surface area contributed by atoms with Crippen molar-refractivity contribution in [3.05, 3.63) is 0 Å². The zero-order valence-corrected chi connectivity index (χ0v) is 15.2. The Bertz CT molecular complexity index is 404. The number of hydrogen-bond acceptors (Lipinski definition) is 2. The highest BCUT2D eigenvalue weighted by Gasteiger charge is 2.38. The van der Waals surface area contributed by atoms with E-state index in [1.54, 1.807) is 9.80 Å². The first-order valence-electron chi connectivity index (χ1n) is 8.60. The van der Waals surface area contributed by atoms with Gasteiger partial charge in [0.15, 0.2) is 12.3 Å². The predicted octanol–water partition coefficient (Wildman–Crippen LogP) is 3.13. The molecule has 144 valence electrons. The molecule has 2 saturated heterocycles. The minimum Gasteiger partial charge on any atom is -0.418 e. The van der Waals surface area contributed by atoms with E-state index >= 15 is 0 Å². The van der Waals surface area contributed by atoms with Gasteiger partial charge in [0, 0.05) is 25.9 Å². The van der Waals surface area contributed by atoms with E-state index in [9.17, 15) is 31.0 Å². The van der Waals surface area contributed by atoms with Gasteiger partial charge in [0.2, 0.25) is 11.8 Å². The van der Waals surface area contributed by atoms with Crippen molar-refractivity contribution in [1.82, 2.24) is 9.80 Å². The molecule has 11 heteroatoms. The Kier molecular flexibility index (Phi) is 9.44. The van der Waals surface area contributed by atoms with Gasteiger partial charge in [0.05, 0.1) is 0 Å². The Morgan fingerprint density at radius 2 is 1.12 bits per heavy atom. The third-order valence-corrected chi connectivity index (χ3v) is 5.52. The first-order chi connectivity index (χ1) is 11.7. The molecule has 0 aromatic heterocycles. The summed E-state index contributed by atoms with van der Waals surface area (Å²) < 4.78 is 53.3. The average molecular weight is 386 g/mol. The molecule has 4 nitrogen and oxygen atoms in total. The standard InChI is InChI=1S/C14H24FN2O2Si.BF4/c15-20(11-16-9-5-1-3-7-13(16)18)12-17-10-6-2-4-8-14(17)19;2-1(3,4)5/h1-12H2;/q+1;-1. The Balaban J connectivity index is 0.000000550. The van der Waals surface area contributed by atoms with Gasteiger partial charge in [-0.1, -0.05) is 16.9 Å². The quantitative estimate of drug-likeness (QED) is 0.423. The van der Waals surface area contributed by atoms with Crippen LogP contribution in [0.1, 0.15) is 51.4 Å². The van der Waals surface area contributed by atoms with Gasteiger partial charge >= 0.3 is 16.4 Å². The fourth-order valence-electron chi connectivity index (χ4n) is 2.88. The monoisotopic (exact) mass is 386 g/mol. The molecule has 2 fully saturated rings. The van der Waals surface area contributed by atoms with Gasteiger partial charge in [-0.15, -0.1) is 0 Å². The molecule has 0 unspecified atom stereocenters. The van der Waals surface area contributed by atoms with Crippen molar-refractivity contribution in [2.45, 2.75) is 51.4 Å². The fraction of sp³-hybridized carbons (Fsp3) is 0.857. The predicted molar refractivity (Wildman–Crippen MR) is 87.1 cm³/mol. The molecule has 0 N–H and O–H groups in total.